The van der Waals surface area contributed by atoms with Crippen LogP contribution in [0.1, 0.15) is 0 Å². The van der Waals surface area contributed by atoms with E-state index in [1.165, 1.54) is 0 Å². The standard InChI is InChI=1S/C11H6Br2N2O/c12-7-1-4-11-14-8(6-15(11)5-7)9-2-3-10(13)16-9/h1-6H. The lowest BCUT2D eigenvalue weighted by Crippen LogP contribution is -1.80. The van der Waals surface area contributed by atoms with E-state index in [4.69, 9.17) is 4.42 Å². The molecule has 0 unspecified atom stereocenters. The van der Waals surface area contributed by atoms with E-state index in [1.807, 2.05) is 41.1 Å². The molecule has 0 spiro atoms. The van der Waals surface area contributed by atoms with Crippen LogP contribution in [0.4, 0.5) is 0 Å². The highest BCUT2D eigenvalue weighted by atomic mass is 79.9. The van der Waals surface area contributed by atoms with Gasteiger partial charge in [0.1, 0.15) is 11.3 Å². The maximum absolute atomic E-state index is 5.46. The van der Waals surface area contributed by atoms with Gasteiger partial charge in [0.05, 0.1) is 0 Å². The average molecular weight is 342 g/mol. The average Bonchev–Trinajstić information content (AvgIpc) is 2.83. The number of aromatic nitrogens is 2. The topological polar surface area (TPSA) is 30.4 Å². The number of imidazole rings is 1. The van der Waals surface area contributed by atoms with Crippen LogP contribution in [0.2, 0.25) is 0 Å². The molecule has 0 saturated carbocycles. The molecule has 0 radical (unpaired) electrons. The Hall–Kier alpha value is -1.07. The van der Waals surface area contributed by atoms with Crippen molar-refractivity contribution in [2.24, 2.45) is 0 Å². The van der Waals surface area contributed by atoms with Crippen molar-refractivity contribution in [3.63, 3.8) is 0 Å². The summed E-state index contributed by atoms with van der Waals surface area (Å²) in [6, 6.07) is 7.66. The van der Waals surface area contributed by atoms with Gasteiger partial charge < -0.3 is 8.82 Å². The Morgan fingerprint density at radius 3 is 2.69 bits per heavy atom. The second kappa shape index (κ2) is 3.75. The van der Waals surface area contributed by atoms with Gasteiger partial charge >= 0.3 is 0 Å². The van der Waals surface area contributed by atoms with Crippen LogP contribution in [0, 0.1) is 0 Å². The monoisotopic (exact) mass is 340 g/mol. The molecule has 3 heterocycles. The van der Waals surface area contributed by atoms with Gasteiger partial charge in [-0.05, 0) is 56.1 Å². The zero-order valence-corrected chi connectivity index (χ0v) is 11.2. The summed E-state index contributed by atoms with van der Waals surface area (Å²) in [4.78, 5) is 4.46. The number of rotatable bonds is 1. The number of pyridine rings is 1. The van der Waals surface area contributed by atoms with Crippen LogP contribution in [0.15, 0.2) is 50.2 Å². The Labute approximate surface area is 108 Å². The second-order valence-corrected chi connectivity index (χ2v) is 5.04. The largest absolute Gasteiger partial charge is 0.448 e. The minimum atomic E-state index is 0.709. The van der Waals surface area contributed by atoms with Crippen LogP contribution < -0.4 is 0 Å². The summed E-state index contributed by atoms with van der Waals surface area (Å²) >= 11 is 6.70. The highest BCUT2D eigenvalue weighted by molar-refractivity contribution is 9.10. The minimum absolute atomic E-state index is 0.709. The maximum Gasteiger partial charge on any atom is 0.169 e. The van der Waals surface area contributed by atoms with Crippen LogP contribution in [-0.2, 0) is 0 Å². The van der Waals surface area contributed by atoms with E-state index in [-0.39, 0.29) is 0 Å². The van der Waals surface area contributed by atoms with E-state index >= 15 is 0 Å². The molecule has 0 aromatic carbocycles. The third-order valence-electron chi connectivity index (χ3n) is 2.24. The Balaban J connectivity index is 2.18. The van der Waals surface area contributed by atoms with Crippen molar-refractivity contribution in [1.29, 1.82) is 0 Å². The Bertz CT molecular complexity index is 657. The highest BCUT2D eigenvalue weighted by Gasteiger charge is 2.08. The molecule has 0 aliphatic carbocycles. The summed E-state index contributed by atoms with van der Waals surface area (Å²) in [5.41, 5.74) is 1.72. The van der Waals surface area contributed by atoms with Gasteiger partial charge in [0, 0.05) is 16.9 Å². The van der Waals surface area contributed by atoms with Gasteiger partial charge in [-0.1, -0.05) is 0 Å². The number of furan rings is 1. The first-order chi connectivity index (χ1) is 7.72. The van der Waals surface area contributed by atoms with Crippen LogP contribution in [-0.4, -0.2) is 9.38 Å². The van der Waals surface area contributed by atoms with Gasteiger partial charge in [0.25, 0.3) is 0 Å². The molecule has 16 heavy (non-hydrogen) atoms. The number of nitrogens with zero attached hydrogens (tertiary/aromatic N) is 2. The van der Waals surface area contributed by atoms with E-state index in [0.717, 1.165) is 21.6 Å². The SMILES string of the molecule is Brc1ccc2nc(-c3ccc(Br)o3)cn2c1. The maximum atomic E-state index is 5.46. The molecule has 0 fully saturated rings. The van der Waals surface area contributed by atoms with Crippen molar-refractivity contribution in [1.82, 2.24) is 9.38 Å². The Kier molecular flexibility index (Phi) is 2.37. The van der Waals surface area contributed by atoms with Crippen molar-refractivity contribution in [3.8, 4) is 11.5 Å². The van der Waals surface area contributed by atoms with Crippen LogP contribution in [0.3, 0.4) is 0 Å². The van der Waals surface area contributed by atoms with Gasteiger partial charge in [-0.2, -0.15) is 0 Å². The molecule has 5 heteroatoms. The highest BCUT2D eigenvalue weighted by Crippen LogP contribution is 2.25. The van der Waals surface area contributed by atoms with Crippen molar-refractivity contribution >= 4 is 37.5 Å². The van der Waals surface area contributed by atoms with Crippen molar-refractivity contribution in [2.75, 3.05) is 0 Å². The fourth-order valence-corrected chi connectivity index (χ4v) is 2.19. The smallest absolute Gasteiger partial charge is 0.169 e. The first-order valence-electron chi connectivity index (χ1n) is 4.62. The Morgan fingerprint density at radius 1 is 1.06 bits per heavy atom. The lowest BCUT2D eigenvalue weighted by molar-refractivity contribution is 0.554. The fourth-order valence-electron chi connectivity index (χ4n) is 1.54. The molecule has 0 atom stereocenters. The minimum Gasteiger partial charge on any atom is -0.448 e. The summed E-state index contributed by atoms with van der Waals surface area (Å²) in [5, 5.41) is 0. The number of halogens is 2. The normalized spacial score (nSPS) is 11.1. The summed E-state index contributed by atoms with van der Waals surface area (Å²) < 4.78 is 9.14. The molecule has 0 saturated heterocycles. The van der Waals surface area contributed by atoms with E-state index in [0.29, 0.717) is 4.67 Å². The van der Waals surface area contributed by atoms with Crippen molar-refractivity contribution in [2.45, 2.75) is 0 Å². The van der Waals surface area contributed by atoms with Crippen LogP contribution in [0.25, 0.3) is 17.1 Å². The fraction of sp³-hybridized carbons (Fsp3) is 0. The molecule has 0 N–H and O–H groups in total. The van der Waals surface area contributed by atoms with Crippen LogP contribution >= 0.6 is 31.9 Å². The van der Waals surface area contributed by atoms with Gasteiger partial charge in [0.2, 0.25) is 0 Å². The lowest BCUT2D eigenvalue weighted by atomic mass is 10.4. The number of fused-ring (bicyclic) bond motifs is 1. The first kappa shape index (κ1) is 10.1. The molecule has 3 rings (SSSR count). The molecule has 3 aromatic heterocycles. The van der Waals surface area contributed by atoms with E-state index in [2.05, 4.69) is 36.8 Å². The summed E-state index contributed by atoms with van der Waals surface area (Å²) in [7, 11) is 0. The predicted octanol–water partition coefficient (Wildman–Crippen LogP) is 4.12. The van der Waals surface area contributed by atoms with Crippen LogP contribution in [0.5, 0.6) is 0 Å². The van der Waals surface area contributed by atoms with Crippen molar-refractivity contribution < 1.29 is 4.42 Å². The molecule has 80 valence electrons. The quantitative estimate of drug-likeness (QED) is 0.666. The van der Waals surface area contributed by atoms with E-state index in [1.54, 1.807) is 0 Å². The molecule has 3 nitrogen and oxygen atoms in total. The zero-order chi connectivity index (χ0) is 11.1. The molecular weight excluding hydrogens is 336 g/mol. The van der Waals surface area contributed by atoms with Gasteiger partial charge in [-0.15, -0.1) is 0 Å². The summed E-state index contributed by atoms with van der Waals surface area (Å²) in [6.45, 7) is 0. The van der Waals surface area contributed by atoms with Gasteiger partial charge in [0.15, 0.2) is 10.4 Å². The third kappa shape index (κ3) is 1.70. The number of hydrogen-bond acceptors (Lipinski definition) is 2. The van der Waals surface area contributed by atoms with Crippen molar-refractivity contribution in [3.05, 3.63) is 45.8 Å². The van der Waals surface area contributed by atoms with Gasteiger partial charge in [-0.25, -0.2) is 4.98 Å². The second-order valence-electron chi connectivity index (χ2n) is 3.34. The summed E-state index contributed by atoms with van der Waals surface area (Å²) in [5.74, 6) is 0.756. The molecule has 0 aliphatic rings. The van der Waals surface area contributed by atoms with E-state index in [9.17, 15) is 0 Å². The third-order valence-corrected chi connectivity index (χ3v) is 3.14. The molecular formula is C11H6Br2N2O. The molecule has 0 bridgehead atoms. The zero-order valence-electron chi connectivity index (χ0n) is 8.02. The predicted molar refractivity (Wildman–Crippen MR) is 68.3 cm³/mol. The molecule has 0 amide bonds. The van der Waals surface area contributed by atoms with Gasteiger partial charge in [-0.3, -0.25) is 0 Å². The number of hydrogen-bond donors (Lipinski definition) is 0. The summed E-state index contributed by atoms with van der Waals surface area (Å²) in [6.07, 6.45) is 3.90. The Morgan fingerprint density at radius 2 is 1.94 bits per heavy atom. The molecule has 3 aromatic rings. The van der Waals surface area contributed by atoms with E-state index < -0.39 is 0 Å². The molecule has 0 aliphatic heterocycles. The first-order valence-corrected chi connectivity index (χ1v) is 6.21. The lowest BCUT2D eigenvalue weighted by Gasteiger charge is -1.91.